The number of nitrogens with zero attached hydrogens (tertiary/aromatic N) is 6. The van der Waals surface area contributed by atoms with E-state index in [0.29, 0.717) is 37.6 Å². The summed E-state index contributed by atoms with van der Waals surface area (Å²) in [6, 6.07) is 0. The molecule has 0 aromatic carbocycles. The highest BCUT2D eigenvalue weighted by Crippen LogP contribution is 2.38. The second kappa shape index (κ2) is 9.18. The quantitative estimate of drug-likeness (QED) is 0.606. The Labute approximate surface area is 198 Å². The van der Waals surface area contributed by atoms with Crippen molar-refractivity contribution in [3.8, 4) is 11.4 Å². The molecule has 9 nitrogen and oxygen atoms in total. The van der Waals surface area contributed by atoms with Crippen molar-refractivity contribution in [3.63, 3.8) is 0 Å². The molecule has 0 radical (unpaired) electrons. The van der Waals surface area contributed by atoms with Crippen molar-refractivity contribution in [2.24, 2.45) is 5.41 Å². The zero-order chi connectivity index (χ0) is 23.8. The number of thiophene rings is 1. The number of aromatic nitrogens is 4. The molecule has 0 bridgehead atoms. The fourth-order valence-electron chi connectivity index (χ4n) is 3.73. The first-order chi connectivity index (χ1) is 15.6. The summed E-state index contributed by atoms with van der Waals surface area (Å²) in [6.07, 6.45) is 3.80. The highest BCUT2D eigenvalue weighted by Gasteiger charge is 2.24. The third-order valence-electron chi connectivity index (χ3n) is 5.58. The molecular formula is C23H31N7O2S. The van der Waals surface area contributed by atoms with Crippen molar-refractivity contribution in [2.75, 3.05) is 44.0 Å². The van der Waals surface area contributed by atoms with Gasteiger partial charge >= 0.3 is 0 Å². The van der Waals surface area contributed by atoms with Gasteiger partial charge in [0.05, 0.1) is 35.5 Å². The monoisotopic (exact) mass is 469 g/mol. The first kappa shape index (κ1) is 23.3. The van der Waals surface area contributed by atoms with E-state index in [1.807, 2.05) is 7.05 Å². The smallest absolute Gasteiger partial charge is 0.223 e. The Morgan fingerprint density at radius 3 is 2.52 bits per heavy atom. The van der Waals surface area contributed by atoms with Gasteiger partial charge in [-0.25, -0.2) is 19.9 Å². The van der Waals surface area contributed by atoms with Crippen LogP contribution in [-0.2, 0) is 16.1 Å². The van der Waals surface area contributed by atoms with Gasteiger partial charge in [0.25, 0.3) is 0 Å². The van der Waals surface area contributed by atoms with Crippen LogP contribution in [-0.4, -0.2) is 64.1 Å². The van der Waals surface area contributed by atoms with Gasteiger partial charge in [-0.2, -0.15) is 0 Å². The second-order valence-corrected chi connectivity index (χ2v) is 10.7. The number of anilines is 2. The summed E-state index contributed by atoms with van der Waals surface area (Å²) in [4.78, 5) is 35.9. The predicted octanol–water partition coefficient (Wildman–Crippen LogP) is 3.27. The number of rotatable bonds is 5. The highest BCUT2D eigenvalue weighted by atomic mass is 32.1. The van der Waals surface area contributed by atoms with Gasteiger partial charge in [-0.15, -0.1) is 11.3 Å². The fraction of sp³-hybridized carbons (Fsp3) is 0.522. The van der Waals surface area contributed by atoms with Crippen molar-refractivity contribution < 1.29 is 9.53 Å². The fourth-order valence-corrected chi connectivity index (χ4v) is 5.05. The summed E-state index contributed by atoms with van der Waals surface area (Å²) in [7, 11) is 1.86. The van der Waals surface area contributed by atoms with E-state index in [1.165, 1.54) is 0 Å². The predicted molar refractivity (Wildman–Crippen MR) is 131 cm³/mol. The first-order valence-corrected chi connectivity index (χ1v) is 11.9. The normalized spacial score (nSPS) is 14.6. The highest BCUT2D eigenvalue weighted by molar-refractivity contribution is 7.19. The minimum atomic E-state index is -0.0500. The van der Waals surface area contributed by atoms with E-state index in [4.69, 9.17) is 20.4 Å². The van der Waals surface area contributed by atoms with Gasteiger partial charge in [-0.05, 0) is 17.9 Å². The Kier molecular flexibility index (Phi) is 6.49. The van der Waals surface area contributed by atoms with E-state index in [9.17, 15) is 4.79 Å². The number of ether oxygens (including phenoxy) is 1. The van der Waals surface area contributed by atoms with Gasteiger partial charge in [0, 0.05) is 43.8 Å². The first-order valence-electron chi connectivity index (χ1n) is 11.1. The van der Waals surface area contributed by atoms with Crippen molar-refractivity contribution in [1.29, 1.82) is 0 Å². The molecule has 1 amide bonds. The van der Waals surface area contributed by atoms with Crippen LogP contribution in [0, 0.1) is 12.3 Å². The number of hydrogen-bond donors (Lipinski definition) is 1. The van der Waals surface area contributed by atoms with Gasteiger partial charge in [0.2, 0.25) is 11.9 Å². The van der Waals surface area contributed by atoms with Crippen LogP contribution in [0.2, 0.25) is 0 Å². The largest absolute Gasteiger partial charge is 0.378 e. The van der Waals surface area contributed by atoms with Gasteiger partial charge in [-0.1, -0.05) is 20.8 Å². The van der Waals surface area contributed by atoms with Gasteiger partial charge < -0.3 is 20.3 Å². The van der Waals surface area contributed by atoms with Crippen LogP contribution in [0.5, 0.6) is 0 Å². The maximum atomic E-state index is 12.7. The topological polar surface area (TPSA) is 110 Å². The maximum Gasteiger partial charge on any atom is 0.223 e. The minimum Gasteiger partial charge on any atom is -0.378 e. The third kappa shape index (κ3) is 5.22. The summed E-state index contributed by atoms with van der Waals surface area (Å²) in [5, 5.41) is 0. The lowest BCUT2D eigenvalue weighted by Gasteiger charge is -2.28. The Morgan fingerprint density at radius 2 is 1.88 bits per heavy atom. The Balaban J connectivity index is 1.75. The summed E-state index contributed by atoms with van der Waals surface area (Å²) in [5.41, 5.74) is 8.29. The number of aryl methyl sites for hydroxylation is 1. The van der Waals surface area contributed by atoms with E-state index in [1.54, 1.807) is 28.6 Å². The molecule has 0 spiro atoms. The Morgan fingerprint density at radius 1 is 1.21 bits per heavy atom. The lowest BCUT2D eigenvalue weighted by molar-refractivity contribution is -0.132. The summed E-state index contributed by atoms with van der Waals surface area (Å²) < 4.78 is 6.58. The summed E-state index contributed by atoms with van der Waals surface area (Å²) in [6.45, 7) is 11.7. The number of morpholine rings is 1. The number of hydrogen-bond acceptors (Lipinski definition) is 9. The molecule has 33 heavy (non-hydrogen) atoms. The minimum absolute atomic E-state index is 0.0500. The molecule has 4 rings (SSSR count). The Bertz CT molecular complexity index is 1150. The molecule has 1 fully saturated rings. The van der Waals surface area contributed by atoms with Crippen LogP contribution >= 0.6 is 11.3 Å². The SMILES string of the molecule is Cc1c(CN(C)C(=O)CC(C)(C)C)sc2c(N3CCOCC3)nc(-c3cnc(N)nc3)nc12. The number of nitrogen functional groups attached to an aromatic ring is 1. The average molecular weight is 470 g/mol. The molecule has 0 atom stereocenters. The molecule has 2 N–H and O–H groups in total. The van der Waals surface area contributed by atoms with Crippen LogP contribution in [0.3, 0.4) is 0 Å². The molecule has 3 aromatic rings. The van der Waals surface area contributed by atoms with Gasteiger partial charge in [-0.3, -0.25) is 4.79 Å². The number of amides is 1. The number of nitrogens with two attached hydrogens (primary N) is 1. The zero-order valence-corrected chi connectivity index (χ0v) is 20.7. The number of fused-ring (bicyclic) bond motifs is 1. The van der Waals surface area contributed by atoms with Crippen molar-refractivity contribution >= 4 is 39.2 Å². The molecule has 4 heterocycles. The van der Waals surface area contributed by atoms with Crippen molar-refractivity contribution in [2.45, 2.75) is 40.7 Å². The van der Waals surface area contributed by atoms with E-state index in [0.717, 1.165) is 39.6 Å². The molecule has 0 saturated carbocycles. The van der Waals surface area contributed by atoms with Crippen molar-refractivity contribution in [3.05, 3.63) is 22.8 Å². The average Bonchev–Trinajstić information content (AvgIpc) is 3.08. The van der Waals surface area contributed by atoms with Crippen LogP contribution in [0.25, 0.3) is 21.6 Å². The zero-order valence-electron chi connectivity index (χ0n) is 19.9. The molecule has 1 aliphatic rings. The lowest BCUT2D eigenvalue weighted by Crippen LogP contribution is -2.36. The molecule has 1 aliphatic heterocycles. The summed E-state index contributed by atoms with van der Waals surface area (Å²) in [5.74, 6) is 1.80. The standard InChI is InChI=1S/C23H31N7O2S/c1-14-16(13-29(5)17(31)10-23(2,3)4)33-19-18(14)27-20(15-11-25-22(24)26-12-15)28-21(19)30-6-8-32-9-7-30/h11-12H,6-10,13H2,1-5H3,(H2,24,25,26). The lowest BCUT2D eigenvalue weighted by atomic mass is 9.92. The van der Waals surface area contributed by atoms with Crippen molar-refractivity contribution in [1.82, 2.24) is 24.8 Å². The van der Waals surface area contributed by atoms with E-state index in [2.05, 4.69) is 42.6 Å². The molecule has 0 aliphatic carbocycles. The van der Waals surface area contributed by atoms with E-state index >= 15 is 0 Å². The molecule has 1 saturated heterocycles. The number of carbonyl (C=O) groups is 1. The van der Waals surface area contributed by atoms with Gasteiger partial charge in [0.1, 0.15) is 0 Å². The second-order valence-electron chi connectivity index (χ2n) is 9.62. The van der Waals surface area contributed by atoms with Crippen LogP contribution in [0.15, 0.2) is 12.4 Å². The summed E-state index contributed by atoms with van der Waals surface area (Å²) >= 11 is 1.66. The Hall–Kier alpha value is -2.85. The molecule has 3 aromatic heterocycles. The molecule has 10 heteroatoms. The maximum absolute atomic E-state index is 12.7. The van der Waals surface area contributed by atoms with Crippen LogP contribution in [0.4, 0.5) is 11.8 Å². The third-order valence-corrected chi connectivity index (χ3v) is 6.84. The molecular weight excluding hydrogens is 438 g/mol. The number of carbonyl (C=O) groups excluding carboxylic acids is 1. The van der Waals surface area contributed by atoms with Gasteiger partial charge in [0.15, 0.2) is 11.6 Å². The molecule has 176 valence electrons. The van der Waals surface area contributed by atoms with Crippen LogP contribution < -0.4 is 10.6 Å². The van der Waals surface area contributed by atoms with E-state index < -0.39 is 0 Å². The van der Waals surface area contributed by atoms with Crippen LogP contribution in [0.1, 0.15) is 37.6 Å². The molecule has 0 unspecified atom stereocenters. The van der Waals surface area contributed by atoms with E-state index in [-0.39, 0.29) is 17.3 Å².